The minimum Gasteiger partial charge on any atom is -0.317 e. The van der Waals surface area contributed by atoms with Gasteiger partial charge < -0.3 is 9.13 Å². The summed E-state index contributed by atoms with van der Waals surface area (Å²) in [5.41, 5.74) is 9.87. The lowest BCUT2D eigenvalue weighted by molar-refractivity contribution is 1.13. The zero-order valence-corrected chi connectivity index (χ0v) is 24.7. The molecule has 2 heterocycles. The Morgan fingerprint density at radius 3 is 1.71 bits per heavy atom. The van der Waals surface area contributed by atoms with E-state index in [1.165, 1.54) is 65.6 Å². The lowest BCUT2D eigenvalue weighted by Gasteiger charge is -2.17. The zero-order chi connectivity index (χ0) is 29.7. The molecule has 0 aliphatic rings. The van der Waals surface area contributed by atoms with Crippen molar-refractivity contribution in [3.05, 3.63) is 176 Å². The van der Waals surface area contributed by atoms with Gasteiger partial charge in [0.25, 0.3) is 0 Å². The Kier molecular flexibility index (Phi) is 5.95. The molecule has 0 atom stereocenters. The molecule has 2 aromatic heterocycles. The summed E-state index contributed by atoms with van der Waals surface area (Å²) in [6.07, 6.45) is 2.18. The third-order valence-corrected chi connectivity index (χ3v) is 9.24. The van der Waals surface area contributed by atoms with Crippen LogP contribution in [0.2, 0.25) is 0 Å². The van der Waals surface area contributed by atoms with Crippen LogP contribution in [0, 0.1) is 0 Å². The Bertz CT molecular complexity index is 2420. The van der Waals surface area contributed by atoms with Crippen LogP contribution in [0.4, 0.5) is 0 Å². The molecule has 0 aliphatic carbocycles. The molecule has 0 unspecified atom stereocenters. The fourth-order valence-electron chi connectivity index (χ4n) is 7.18. The SMILES string of the molecule is c1ccc(B(c2ccccc2)c2ccc(-n3c4ccccc4c4ccc5cc6ccn(-c7ccccc7)c6cc5c43)cc2)cc1. The minimum absolute atomic E-state index is 0.166. The number of hydrogen-bond donors (Lipinski definition) is 0. The van der Waals surface area contributed by atoms with Crippen LogP contribution >= 0.6 is 0 Å². The first-order chi connectivity index (χ1) is 22.3. The Balaban J connectivity index is 1.27. The van der Waals surface area contributed by atoms with Crippen LogP contribution in [0.1, 0.15) is 0 Å². The average molecular weight is 573 g/mol. The highest BCUT2D eigenvalue weighted by atomic mass is 15.0. The average Bonchev–Trinajstić information content (AvgIpc) is 3.68. The first-order valence-electron chi connectivity index (χ1n) is 15.6. The maximum absolute atomic E-state index is 2.46. The third kappa shape index (κ3) is 4.20. The molecular formula is C42H29BN2. The summed E-state index contributed by atoms with van der Waals surface area (Å²) in [4.78, 5) is 0. The molecule has 9 rings (SSSR count). The van der Waals surface area contributed by atoms with Gasteiger partial charge in [0, 0.05) is 39.1 Å². The summed E-state index contributed by atoms with van der Waals surface area (Å²) in [5.74, 6) is 0. The van der Waals surface area contributed by atoms with Gasteiger partial charge in [-0.1, -0.05) is 138 Å². The van der Waals surface area contributed by atoms with Gasteiger partial charge in [-0.15, -0.1) is 0 Å². The summed E-state index contributed by atoms with van der Waals surface area (Å²) in [6, 6.07) is 61.8. The minimum atomic E-state index is 0.166. The van der Waals surface area contributed by atoms with Crippen molar-refractivity contribution in [2.24, 2.45) is 0 Å². The number of aromatic nitrogens is 2. The van der Waals surface area contributed by atoms with Crippen LogP contribution in [-0.2, 0) is 0 Å². The van der Waals surface area contributed by atoms with Gasteiger partial charge >= 0.3 is 0 Å². The molecule has 9 aromatic rings. The molecule has 0 saturated carbocycles. The van der Waals surface area contributed by atoms with E-state index in [-0.39, 0.29) is 6.71 Å². The summed E-state index contributed by atoms with van der Waals surface area (Å²) in [5, 5.41) is 6.28. The van der Waals surface area contributed by atoms with Gasteiger partial charge in [0.15, 0.2) is 0 Å². The van der Waals surface area contributed by atoms with E-state index in [1.54, 1.807) is 0 Å². The van der Waals surface area contributed by atoms with Gasteiger partial charge in [-0.2, -0.15) is 0 Å². The van der Waals surface area contributed by atoms with E-state index in [4.69, 9.17) is 0 Å². The third-order valence-electron chi connectivity index (χ3n) is 9.24. The molecule has 7 aromatic carbocycles. The standard InChI is InChI=1S/C42H29BN2/c1-4-12-32(13-5-1)43(33-14-6-2-7-15-33)34-21-23-36(24-22-34)45-40-19-11-10-18-37(40)38-25-20-30-28-31-26-27-44(35-16-8-3-9-17-35)41(31)29-39(30)42(38)45/h1-29H. The lowest BCUT2D eigenvalue weighted by Crippen LogP contribution is -2.51. The summed E-state index contributed by atoms with van der Waals surface area (Å²) < 4.78 is 4.75. The smallest absolute Gasteiger partial charge is 0.241 e. The molecule has 0 N–H and O–H groups in total. The summed E-state index contributed by atoms with van der Waals surface area (Å²) in [7, 11) is 0. The van der Waals surface area contributed by atoms with Crippen molar-refractivity contribution >= 4 is 66.6 Å². The topological polar surface area (TPSA) is 9.86 Å². The predicted molar refractivity (Wildman–Crippen MR) is 193 cm³/mol. The number of hydrogen-bond acceptors (Lipinski definition) is 0. The molecule has 0 radical (unpaired) electrons. The maximum atomic E-state index is 2.46. The number of nitrogens with zero attached hydrogens (tertiary/aromatic N) is 2. The van der Waals surface area contributed by atoms with E-state index in [0.717, 1.165) is 5.69 Å². The quantitative estimate of drug-likeness (QED) is 0.183. The maximum Gasteiger partial charge on any atom is 0.241 e. The van der Waals surface area contributed by atoms with Crippen LogP contribution in [-0.4, -0.2) is 15.8 Å². The van der Waals surface area contributed by atoms with Crippen molar-refractivity contribution in [3.8, 4) is 11.4 Å². The van der Waals surface area contributed by atoms with Crippen molar-refractivity contribution in [2.45, 2.75) is 0 Å². The number of benzene rings is 7. The highest BCUT2D eigenvalue weighted by molar-refractivity contribution is 6.95. The molecule has 0 bridgehead atoms. The second-order valence-electron chi connectivity index (χ2n) is 11.8. The highest BCUT2D eigenvalue weighted by Gasteiger charge is 2.22. The molecule has 0 aliphatic heterocycles. The first kappa shape index (κ1) is 25.7. The second-order valence-corrected chi connectivity index (χ2v) is 11.8. The summed E-state index contributed by atoms with van der Waals surface area (Å²) >= 11 is 0. The van der Waals surface area contributed by atoms with Crippen molar-refractivity contribution < 1.29 is 0 Å². The van der Waals surface area contributed by atoms with E-state index in [9.17, 15) is 0 Å². The second kappa shape index (κ2) is 10.4. The number of fused-ring (bicyclic) bond motifs is 6. The normalized spacial score (nSPS) is 11.6. The molecule has 45 heavy (non-hydrogen) atoms. The monoisotopic (exact) mass is 572 g/mol. The molecule has 3 heteroatoms. The summed E-state index contributed by atoms with van der Waals surface area (Å²) in [6.45, 7) is 0.166. The van der Waals surface area contributed by atoms with E-state index in [0.29, 0.717) is 0 Å². The molecule has 0 spiro atoms. The Labute approximate surface area is 262 Å². The zero-order valence-electron chi connectivity index (χ0n) is 24.7. The van der Waals surface area contributed by atoms with Crippen LogP contribution < -0.4 is 16.4 Å². The van der Waals surface area contributed by atoms with E-state index >= 15 is 0 Å². The predicted octanol–water partition coefficient (Wildman–Crippen LogP) is 8.40. The fraction of sp³-hybridized carbons (Fsp3) is 0. The van der Waals surface area contributed by atoms with Gasteiger partial charge in [0.1, 0.15) is 0 Å². The molecular weight excluding hydrogens is 543 g/mol. The van der Waals surface area contributed by atoms with Gasteiger partial charge in [-0.25, -0.2) is 0 Å². The van der Waals surface area contributed by atoms with Gasteiger partial charge in [-0.3, -0.25) is 0 Å². The largest absolute Gasteiger partial charge is 0.317 e. The van der Waals surface area contributed by atoms with Crippen molar-refractivity contribution in [1.29, 1.82) is 0 Å². The lowest BCUT2D eigenvalue weighted by atomic mass is 9.37. The van der Waals surface area contributed by atoms with Crippen LogP contribution in [0.5, 0.6) is 0 Å². The number of rotatable bonds is 5. The molecule has 0 saturated heterocycles. The van der Waals surface area contributed by atoms with Gasteiger partial charge in [-0.05, 0) is 53.9 Å². The number of para-hydroxylation sites is 2. The van der Waals surface area contributed by atoms with Crippen molar-refractivity contribution in [1.82, 2.24) is 9.13 Å². The molecule has 2 nitrogen and oxygen atoms in total. The van der Waals surface area contributed by atoms with Crippen molar-refractivity contribution in [2.75, 3.05) is 0 Å². The van der Waals surface area contributed by atoms with Crippen LogP contribution in [0.25, 0.3) is 54.9 Å². The Morgan fingerprint density at radius 2 is 1.00 bits per heavy atom. The highest BCUT2D eigenvalue weighted by Crippen LogP contribution is 2.38. The molecule has 0 fully saturated rings. The first-order valence-corrected chi connectivity index (χ1v) is 15.6. The fourth-order valence-corrected chi connectivity index (χ4v) is 7.18. The van der Waals surface area contributed by atoms with Crippen LogP contribution in [0.15, 0.2) is 176 Å². The van der Waals surface area contributed by atoms with Gasteiger partial charge in [0.05, 0.1) is 16.6 Å². The van der Waals surface area contributed by atoms with E-state index < -0.39 is 0 Å². The molecule has 210 valence electrons. The Hall–Kier alpha value is -5.80. The van der Waals surface area contributed by atoms with Gasteiger partial charge in [0.2, 0.25) is 6.71 Å². The van der Waals surface area contributed by atoms with Crippen LogP contribution in [0.3, 0.4) is 0 Å². The Morgan fingerprint density at radius 1 is 0.378 bits per heavy atom. The van der Waals surface area contributed by atoms with E-state index in [1.807, 2.05) is 0 Å². The van der Waals surface area contributed by atoms with E-state index in [2.05, 4.69) is 185 Å². The molecule has 0 amide bonds. The van der Waals surface area contributed by atoms with Crippen molar-refractivity contribution in [3.63, 3.8) is 0 Å².